The number of nitrogens with two attached hydrogens (primary N) is 2. The summed E-state index contributed by atoms with van der Waals surface area (Å²) in [5, 5.41) is 51.5. The molecule has 9 heteroatoms. The van der Waals surface area contributed by atoms with E-state index in [-0.39, 0.29) is 6.42 Å². The molecular weight excluding hydrogens is 284 g/mol. The van der Waals surface area contributed by atoms with E-state index in [1.165, 1.54) is 0 Å². The van der Waals surface area contributed by atoms with Crippen LogP contribution in [0, 0.1) is 0 Å². The second kappa shape index (κ2) is 14.1. The number of carboxylic acids is 1. The normalized spacial score (nSPS) is 16.3. The van der Waals surface area contributed by atoms with Crippen molar-refractivity contribution in [3.63, 3.8) is 0 Å². The van der Waals surface area contributed by atoms with Gasteiger partial charge in [-0.05, 0) is 19.4 Å². The minimum absolute atomic E-state index is 0.141. The van der Waals surface area contributed by atoms with E-state index in [2.05, 4.69) is 0 Å². The molecule has 0 aliphatic carbocycles. The molecule has 0 aliphatic rings. The van der Waals surface area contributed by atoms with Crippen LogP contribution < -0.4 is 11.5 Å². The van der Waals surface area contributed by atoms with Crippen molar-refractivity contribution in [3.05, 3.63) is 0 Å². The molecule has 0 aromatic rings. The minimum Gasteiger partial charge on any atom is -0.480 e. The highest BCUT2D eigenvalue weighted by Crippen LogP contribution is 2.02. The van der Waals surface area contributed by atoms with Crippen molar-refractivity contribution < 1.29 is 35.4 Å². The summed E-state index contributed by atoms with van der Waals surface area (Å²) in [6, 6.07) is -0.716. The molecule has 128 valence electrons. The maximum Gasteiger partial charge on any atom is 0.320 e. The van der Waals surface area contributed by atoms with Crippen molar-refractivity contribution in [3.8, 4) is 0 Å². The van der Waals surface area contributed by atoms with Crippen molar-refractivity contribution in [1.82, 2.24) is 0 Å². The topological polar surface area (TPSA) is 190 Å². The van der Waals surface area contributed by atoms with Crippen LogP contribution in [0.2, 0.25) is 0 Å². The van der Waals surface area contributed by atoms with Gasteiger partial charge in [-0.3, -0.25) is 4.79 Å². The molecule has 0 heterocycles. The van der Waals surface area contributed by atoms with Crippen LogP contribution in [-0.2, 0) is 4.79 Å². The molecule has 0 fully saturated rings. The summed E-state index contributed by atoms with van der Waals surface area (Å²) in [6.07, 6.45) is -1.47. The Hall–Kier alpha value is -0.810. The molecular formula is C12H28N2O7. The molecule has 9 nitrogen and oxygen atoms in total. The zero-order chi connectivity index (χ0) is 16.8. The summed E-state index contributed by atoms with van der Waals surface area (Å²) in [7, 11) is 0. The van der Waals surface area contributed by atoms with E-state index in [0.717, 1.165) is 12.8 Å². The molecule has 0 saturated carbocycles. The number of carbonyl (C=O) groups is 1. The van der Waals surface area contributed by atoms with Crippen LogP contribution >= 0.6 is 0 Å². The zero-order valence-electron chi connectivity index (χ0n) is 12.0. The van der Waals surface area contributed by atoms with Crippen LogP contribution in [-0.4, -0.2) is 80.7 Å². The third-order valence-electron chi connectivity index (χ3n) is 2.64. The van der Waals surface area contributed by atoms with Crippen molar-refractivity contribution in [2.75, 3.05) is 19.8 Å². The quantitative estimate of drug-likeness (QED) is 0.194. The fraction of sp³-hybridized carbons (Fsp3) is 0.917. The highest BCUT2D eigenvalue weighted by atomic mass is 16.4. The Morgan fingerprint density at radius 2 is 1.57 bits per heavy atom. The molecule has 0 aromatic heterocycles. The number of aliphatic carboxylic acids is 1. The van der Waals surface area contributed by atoms with Crippen LogP contribution in [0.1, 0.15) is 25.7 Å². The molecule has 21 heavy (non-hydrogen) atoms. The smallest absolute Gasteiger partial charge is 0.320 e. The van der Waals surface area contributed by atoms with Crippen LogP contribution in [0.4, 0.5) is 0 Å². The van der Waals surface area contributed by atoms with Crippen molar-refractivity contribution in [2.45, 2.75) is 50.0 Å². The average Bonchev–Trinajstić information content (AvgIpc) is 2.46. The molecule has 0 unspecified atom stereocenters. The van der Waals surface area contributed by atoms with Gasteiger partial charge in [-0.1, -0.05) is 6.42 Å². The number of unbranched alkanes of at least 4 members (excludes halogenated alkanes) is 1. The van der Waals surface area contributed by atoms with E-state index >= 15 is 0 Å². The minimum atomic E-state index is -1.25. The maximum atomic E-state index is 10.1. The lowest BCUT2D eigenvalue weighted by Crippen LogP contribution is -2.33. The van der Waals surface area contributed by atoms with Crippen LogP contribution in [0.3, 0.4) is 0 Å². The molecule has 4 atom stereocenters. The summed E-state index contributed by atoms with van der Waals surface area (Å²) in [5.41, 5.74) is 10.4. The van der Waals surface area contributed by atoms with Crippen molar-refractivity contribution in [2.24, 2.45) is 11.5 Å². The van der Waals surface area contributed by atoms with E-state index < -0.39 is 43.5 Å². The second-order valence-corrected chi connectivity index (χ2v) is 4.62. The number of rotatable bonds is 10. The second-order valence-electron chi connectivity index (χ2n) is 4.62. The van der Waals surface area contributed by atoms with Gasteiger partial charge < -0.3 is 42.1 Å². The number of carboxylic acid groups (broad SMARTS) is 1. The Bertz CT molecular complexity index is 256. The summed E-state index contributed by atoms with van der Waals surface area (Å²) in [5.74, 6) is -0.933. The van der Waals surface area contributed by atoms with Gasteiger partial charge in [0.2, 0.25) is 0 Å². The summed E-state index contributed by atoms with van der Waals surface area (Å²) < 4.78 is 0. The van der Waals surface area contributed by atoms with Crippen LogP contribution in [0.25, 0.3) is 0 Å². The molecule has 0 bridgehead atoms. The number of aliphatic hydroxyl groups is 5. The lowest BCUT2D eigenvalue weighted by Gasteiger charge is -2.17. The van der Waals surface area contributed by atoms with Gasteiger partial charge >= 0.3 is 5.97 Å². The fourth-order valence-corrected chi connectivity index (χ4v) is 1.26. The Kier molecular flexibility index (Phi) is 15.1. The molecule has 0 saturated heterocycles. The molecule has 0 spiro atoms. The summed E-state index contributed by atoms with van der Waals surface area (Å²) in [6.45, 7) is -0.416. The molecule has 0 rings (SSSR count). The standard InChI is InChI=1S/C6H14N2O2.C6H14O5/c7-4-2-1-3-5(8)6(9)10;7-2-4(9)1-5(10)6(11)3-8/h5H,1-4,7-8H2,(H,9,10);4-11H,1-3H2/t5-;4-,5+,6-/m01/s1. The third kappa shape index (κ3) is 13.9. The molecule has 0 aliphatic heterocycles. The summed E-state index contributed by atoms with van der Waals surface area (Å²) in [4.78, 5) is 10.1. The van der Waals surface area contributed by atoms with Gasteiger partial charge in [0.15, 0.2) is 0 Å². The first-order valence-electron chi connectivity index (χ1n) is 6.74. The number of aliphatic hydroxyl groups excluding tert-OH is 5. The first-order chi connectivity index (χ1) is 9.79. The van der Waals surface area contributed by atoms with E-state index in [4.69, 9.17) is 42.1 Å². The first kappa shape index (κ1) is 22.5. The van der Waals surface area contributed by atoms with E-state index in [1.54, 1.807) is 0 Å². The molecule has 0 amide bonds. The maximum absolute atomic E-state index is 10.1. The van der Waals surface area contributed by atoms with Gasteiger partial charge in [0.25, 0.3) is 0 Å². The van der Waals surface area contributed by atoms with Gasteiger partial charge in [-0.25, -0.2) is 0 Å². The van der Waals surface area contributed by atoms with Crippen molar-refractivity contribution in [1.29, 1.82) is 0 Å². The largest absolute Gasteiger partial charge is 0.480 e. The van der Waals surface area contributed by atoms with E-state index in [0.29, 0.717) is 13.0 Å². The summed E-state index contributed by atoms with van der Waals surface area (Å²) >= 11 is 0. The predicted octanol–water partition coefficient (Wildman–Crippen LogP) is -3.03. The Morgan fingerprint density at radius 3 is 1.95 bits per heavy atom. The monoisotopic (exact) mass is 312 g/mol. The SMILES string of the molecule is NCCCC[C@H](N)C(=O)O.OC[C@H](O)C[C@H](O)[C@H](O)CO. The first-order valence-corrected chi connectivity index (χ1v) is 6.74. The molecule has 10 N–H and O–H groups in total. The predicted molar refractivity (Wildman–Crippen MR) is 75.3 cm³/mol. The van der Waals surface area contributed by atoms with Gasteiger partial charge in [0, 0.05) is 6.42 Å². The van der Waals surface area contributed by atoms with Gasteiger partial charge in [-0.2, -0.15) is 0 Å². The lowest BCUT2D eigenvalue weighted by molar-refractivity contribution is -0.138. The van der Waals surface area contributed by atoms with Gasteiger partial charge in [-0.15, -0.1) is 0 Å². The van der Waals surface area contributed by atoms with Gasteiger partial charge in [0.1, 0.15) is 12.1 Å². The third-order valence-corrected chi connectivity index (χ3v) is 2.64. The van der Waals surface area contributed by atoms with Gasteiger partial charge in [0.05, 0.1) is 25.4 Å². The number of hydrogen-bond acceptors (Lipinski definition) is 8. The highest BCUT2D eigenvalue weighted by molar-refractivity contribution is 5.72. The van der Waals surface area contributed by atoms with Crippen LogP contribution in [0.5, 0.6) is 0 Å². The lowest BCUT2D eigenvalue weighted by atomic mass is 10.1. The van der Waals surface area contributed by atoms with E-state index in [9.17, 15) is 4.79 Å². The average molecular weight is 312 g/mol. The number of hydrogen-bond donors (Lipinski definition) is 8. The zero-order valence-corrected chi connectivity index (χ0v) is 12.0. The fourth-order valence-electron chi connectivity index (χ4n) is 1.26. The Labute approximate surface area is 123 Å². The Morgan fingerprint density at radius 1 is 1.00 bits per heavy atom. The van der Waals surface area contributed by atoms with Crippen LogP contribution in [0.15, 0.2) is 0 Å². The van der Waals surface area contributed by atoms with E-state index in [1.807, 2.05) is 0 Å². The Balaban J connectivity index is 0. The molecule has 0 radical (unpaired) electrons. The highest BCUT2D eigenvalue weighted by Gasteiger charge is 2.18. The molecule has 0 aromatic carbocycles. The van der Waals surface area contributed by atoms with Crippen molar-refractivity contribution >= 4 is 5.97 Å².